The second-order valence-corrected chi connectivity index (χ2v) is 7.25. The number of benzene rings is 2. The summed E-state index contributed by atoms with van der Waals surface area (Å²) < 4.78 is 0. The van der Waals surface area contributed by atoms with Gasteiger partial charge in [-0.1, -0.05) is 30.3 Å². The number of carbonyl (C=O) groups is 1. The number of rotatable bonds is 6. The van der Waals surface area contributed by atoms with Gasteiger partial charge in [-0.2, -0.15) is 0 Å². The van der Waals surface area contributed by atoms with Crippen molar-refractivity contribution in [2.75, 3.05) is 18.0 Å². The number of hydrogen-bond acceptors (Lipinski definition) is 2. The average molecular weight is 517 g/mol. The second-order valence-electron chi connectivity index (χ2n) is 7.25. The lowest BCUT2D eigenvalue weighted by Crippen LogP contribution is -2.36. The van der Waals surface area contributed by atoms with E-state index < -0.39 is 0 Å². The Bertz CT molecular complexity index is 979. The Morgan fingerprint density at radius 1 is 1.13 bits per heavy atom. The predicted octanol–water partition coefficient (Wildman–Crippen LogP) is 4.17. The first-order chi connectivity index (χ1) is 14.2. The third-order valence-corrected chi connectivity index (χ3v) is 5.12. The molecular formula is C23H28IN5O. The van der Waals surface area contributed by atoms with Crippen LogP contribution in [0.25, 0.3) is 10.9 Å². The summed E-state index contributed by atoms with van der Waals surface area (Å²) >= 11 is 0. The Balaban J connectivity index is 0.00000256. The van der Waals surface area contributed by atoms with Gasteiger partial charge in [0, 0.05) is 36.4 Å². The SMILES string of the molecule is CCNC(=NCc1ccc(N2CCCC2=O)cc1)NCc1cc2ccccc2[nH]1.I. The summed E-state index contributed by atoms with van der Waals surface area (Å²) in [6.07, 6.45) is 1.60. The first-order valence-electron chi connectivity index (χ1n) is 10.2. The van der Waals surface area contributed by atoms with Crippen LogP contribution in [0, 0.1) is 0 Å². The van der Waals surface area contributed by atoms with Crippen molar-refractivity contribution in [1.82, 2.24) is 15.6 Å². The number of aromatic nitrogens is 1. The van der Waals surface area contributed by atoms with Crippen molar-refractivity contribution < 1.29 is 4.79 Å². The van der Waals surface area contributed by atoms with Crippen molar-refractivity contribution in [3.05, 3.63) is 65.9 Å². The number of guanidine groups is 1. The molecule has 0 saturated carbocycles. The number of halogens is 1. The van der Waals surface area contributed by atoms with Crippen LogP contribution in [-0.2, 0) is 17.9 Å². The van der Waals surface area contributed by atoms with Crippen LogP contribution < -0.4 is 15.5 Å². The lowest BCUT2D eigenvalue weighted by atomic mass is 10.2. The van der Waals surface area contributed by atoms with Gasteiger partial charge in [0.15, 0.2) is 5.96 Å². The third-order valence-electron chi connectivity index (χ3n) is 5.12. The van der Waals surface area contributed by atoms with E-state index in [0.29, 0.717) is 19.5 Å². The third kappa shape index (κ3) is 5.33. The number of anilines is 1. The first-order valence-corrected chi connectivity index (χ1v) is 10.2. The lowest BCUT2D eigenvalue weighted by Gasteiger charge is -2.15. The number of hydrogen-bond donors (Lipinski definition) is 3. The van der Waals surface area contributed by atoms with Gasteiger partial charge in [0.2, 0.25) is 5.91 Å². The van der Waals surface area contributed by atoms with Crippen molar-refractivity contribution in [2.45, 2.75) is 32.9 Å². The van der Waals surface area contributed by atoms with Crippen LogP contribution in [-0.4, -0.2) is 29.9 Å². The molecule has 1 fully saturated rings. The highest BCUT2D eigenvalue weighted by atomic mass is 127. The zero-order chi connectivity index (χ0) is 20.1. The Morgan fingerprint density at radius 3 is 2.63 bits per heavy atom. The van der Waals surface area contributed by atoms with Crippen molar-refractivity contribution in [3.63, 3.8) is 0 Å². The fourth-order valence-corrected chi connectivity index (χ4v) is 3.62. The van der Waals surface area contributed by atoms with Gasteiger partial charge in [0.05, 0.1) is 13.1 Å². The summed E-state index contributed by atoms with van der Waals surface area (Å²) in [7, 11) is 0. The van der Waals surface area contributed by atoms with E-state index in [1.165, 1.54) is 5.39 Å². The Morgan fingerprint density at radius 2 is 1.93 bits per heavy atom. The van der Waals surface area contributed by atoms with E-state index in [1.54, 1.807) is 0 Å². The Labute approximate surface area is 194 Å². The Hall–Kier alpha value is -2.55. The molecule has 1 saturated heterocycles. The highest BCUT2D eigenvalue weighted by molar-refractivity contribution is 14.0. The van der Waals surface area contributed by atoms with E-state index in [1.807, 2.05) is 41.3 Å². The van der Waals surface area contributed by atoms with Crippen molar-refractivity contribution in [2.24, 2.45) is 4.99 Å². The number of amides is 1. The van der Waals surface area contributed by atoms with Gasteiger partial charge in [0.1, 0.15) is 0 Å². The normalized spacial score (nSPS) is 14.1. The van der Waals surface area contributed by atoms with Gasteiger partial charge in [-0.3, -0.25) is 4.79 Å². The van der Waals surface area contributed by atoms with E-state index >= 15 is 0 Å². The maximum absolute atomic E-state index is 11.9. The number of nitrogens with one attached hydrogen (secondary N) is 3. The van der Waals surface area contributed by atoms with Gasteiger partial charge < -0.3 is 20.5 Å². The average Bonchev–Trinajstić information content (AvgIpc) is 3.36. The first kappa shape index (κ1) is 22.1. The molecule has 3 aromatic rings. The van der Waals surface area contributed by atoms with Crippen molar-refractivity contribution in [3.8, 4) is 0 Å². The van der Waals surface area contributed by atoms with E-state index in [4.69, 9.17) is 4.99 Å². The molecule has 1 aliphatic rings. The summed E-state index contributed by atoms with van der Waals surface area (Å²) in [6, 6.07) is 18.5. The molecule has 30 heavy (non-hydrogen) atoms. The number of carbonyl (C=O) groups excluding carboxylic acids is 1. The maximum atomic E-state index is 11.9. The van der Waals surface area contributed by atoms with Crippen LogP contribution in [0.15, 0.2) is 59.6 Å². The van der Waals surface area contributed by atoms with Crippen LogP contribution >= 0.6 is 24.0 Å². The molecule has 158 valence electrons. The fraction of sp³-hybridized carbons (Fsp3) is 0.304. The van der Waals surface area contributed by atoms with Crippen LogP contribution in [0.3, 0.4) is 0 Å². The number of para-hydroxylation sites is 1. The summed E-state index contributed by atoms with van der Waals surface area (Å²) in [5.41, 5.74) is 4.35. The molecule has 0 atom stereocenters. The number of H-pyrrole nitrogens is 1. The van der Waals surface area contributed by atoms with E-state index in [-0.39, 0.29) is 29.9 Å². The maximum Gasteiger partial charge on any atom is 0.227 e. The molecule has 0 unspecified atom stereocenters. The number of aliphatic imine (C=N–C) groups is 1. The molecule has 0 radical (unpaired) electrons. The summed E-state index contributed by atoms with van der Waals surface area (Å²) in [4.78, 5) is 21.9. The molecule has 6 nitrogen and oxygen atoms in total. The quantitative estimate of drug-likeness (QED) is 0.261. The molecule has 1 aliphatic heterocycles. The lowest BCUT2D eigenvalue weighted by molar-refractivity contribution is -0.117. The van der Waals surface area contributed by atoms with Crippen LogP contribution in [0.5, 0.6) is 0 Å². The van der Waals surface area contributed by atoms with E-state index in [0.717, 1.165) is 47.9 Å². The van der Waals surface area contributed by atoms with Gasteiger partial charge in [0.25, 0.3) is 0 Å². The zero-order valence-electron chi connectivity index (χ0n) is 17.1. The molecule has 2 heterocycles. The molecule has 3 N–H and O–H groups in total. The second kappa shape index (κ2) is 10.5. The molecule has 4 rings (SSSR count). The number of fused-ring (bicyclic) bond motifs is 1. The minimum absolute atomic E-state index is 0. The molecule has 0 aliphatic carbocycles. The predicted molar refractivity (Wildman–Crippen MR) is 133 cm³/mol. The summed E-state index contributed by atoms with van der Waals surface area (Å²) in [6.45, 7) is 4.93. The van der Waals surface area contributed by atoms with Gasteiger partial charge in [-0.15, -0.1) is 24.0 Å². The van der Waals surface area contributed by atoms with Gasteiger partial charge in [-0.25, -0.2) is 4.99 Å². The minimum atomic E-state index is 0. The topological polar surface area (TPSA) is 72.5 Å². The van der Waals surface area contributed by atoms with Crippen molar-refractivity contribution >= 4 is 52.4 Å². The number of aromatic amines is 1. The molecule has 7 heteroatoms. The van der Waals surface area contributed by atoms with Gasteiger partial charge in [-0.05, 0) is 48.6 Å². The monoisotopic (exact) mass is 517 g/mol. The molecule has 1 aromatic heterocycles. The Kier molecular flexibility index (Phi) is 7.73. The zero-order valence-corrected chi connectivity index (χ0v) is 19.5. The van der Waals surface area contributed by atoms with Gasteiger partial charge >= 0.3 is 0 Å². The van der Waals surface area contributed by atoms with Crippen LogP contribution in [0.1, 0.15) is 31.0 Å². The molecule has 0 spiro atoms. The highest BCUT2D eigenvalue weighted by Gasteiger charge is 2.21. The fourth-order valence-electron chi connectivity index (χ4n) is 3.62. The van der Waals surface area contributed by atoms with Crippen LogP contribution in [0.4, 0.5) is 5.69 Å². The van der Waals surface area contributed by atoms with E-state index in [9.17, 15) is 4.79 Å². The molecule has 2 aromatic carbocycles. The standard InChI is InChI=1S/C23H27N5O.HI/c1-2-24-23(26-16-19-14-18-6-3-4-7-21(18)27-19)25-15-17-9-11-20(12-10-17)28-13-5-8-22(28)29;/h3-4,6-7,9-12,14,27H,2,5,8,13,15-16H2,1H3,(H2,24,25,26);1H. The van der Waals surface area contributed by atoms with Crippen molar-refractivity contribution in [1.29, 1.82) is 0 Å². The number of nitrogens with zero attached hydrogens (tertiary/aromatic N) is 2. The highest BCUT2D eigenvalue weighted by Crippen LogP contribution is 2.21. The summed E-state index contributed by atoms with van der Waals surface area (Å²) in [5, 5.41) is 7.89. The molecule has 1 amide bonds. The van der Waals surface area contributed by atoms with Crippen LogP contribution in [0.2, 0.25) is 0 Å². The molecular weight excluding hydrogens is 489 g/mol. The van der Waals surface area contributed by atoms with E-state index in [2.05, 4.69) is 40.7 Å². The smallest absolute Gasteiger partial charge is 0.227 e. The summed E-state index contributed by atoms with van der Waals surface area (Å²) in [5.74, 6) is 0.997. The minimum Gasteiger partial charge on any atom is -0.357 e. The molecule has 0 bridgehead atoms. The largest absolute Gasteiger partial charge is 0.357 e.